The summed E-state index contributed by atoms with van der Waals surface area (Å²) < 4.78 is 33.1. The van der Waals surface area contributed by atoms with E-state index in [0.29, 0.717) is 22.3 Å². The molecular formula is C18H12BF2N3. The van der Waals surface area contributed by atoms with Crippen LogP contribution in [-0.4, -0.2) is 11.4 Å². The molecular weight excluding hydrogens is 307 g/mol. The summed E-state index contributed by atoms with van der Waals surface area (Å²) in [6.07, 6.45) is 8.98. The molecule has 2 aliphatic carbocycles. The van der Waals surface area contributed by atoms with E-state index in [1.165, 1.54) is 0 Å². The van der Waals surface area contributed by atoms with Crippen LogP contribution in [0.25, 0.3) is 23.4 Å². The zero-order chi connectivity index (χ0) is 16.3. The minimum Gasteiger partial charge on any atom is -0.414 e. The average molecular weight is 319 g/mol. The van der Waals surface area contributed by atoms with Crippen LogP contribution in [0, 0.1) is 0 Å². The Morgan fingerprint density at radius 1 is 1.00 bits per heavy atom. The highest BCUT2D eigenvalue weighted by Gasteiger charge is 2.47. The van der Waals surface area contributed by atoms with Crippen molar-refractivity contribution in [3.63, 3.8) is 0 Å². The number of hydrogen-bond acceptors (Lipinski definition) is 1. The Labute approximate surface area is 136 Å². The quantitative estimate of drug-likeness (QED) is 0.567. The van der Waals surface area contributed by atoms with Gasteiger partial charge in [0, 0.05) is 28.6 Å². The molecule has 0 amide bonds. The maximum absolute atomic E-state index is 15.5. The molecule has 0 saturated carbocycles. The van der Waals surface area contributed by atoms with Crippen molar-refractivity contribution in [1.29, 1.82) is 0 Å². The summed E-state index contributed by atoms with van der Waals surface area (Å²) in [7, 11) is 0. The lowest BCUT2D eigenvalue weighted by Gasteiger charge is -2.26. The van der Waals surface area contributed by atoms with E-state index in [2.05, 4.69) is 4.99 Å². The van der Waals surface area contributed by atoms with Gasteiger partial charge in [0.25, 0.3) is 5.82 Å². The van der Waals surface area contributed by atoms with Crippen molar-refractivity contribution in [3.8, 4) is 11.3 Å². The van der Waals surface area contributed by atoms with Gasteiger partial charge in [0.2, 0.25) is 5.49 Å². The van der Waals surface area contributed by atoms with Crippen LogP contribution in [0.15, 0.2) is 65.7 Å². The highest BCUT2D eigenvalue weighted by Crippen LogP contribution is 2.28. The molecule has 0 N–H and O–H groups in total. The monoisotopic (exact) mass is 319 g/mol. The molecule has 4 aliphatic rings. The average Bonchev–Trinajstić information content (AvgIpc) is 2.86. The smallest absolute Gasteiger partial charge is 0.414 e. The molecule has 1 aromatic heterocycles. The number of nitrogens with zero attached hydrogens (tertiary/aromatic N) is 3. The molecule has 2 aliphatic heterocycles. The Kier molecular flexibility index (Phi) is 2.52. The molecule has 0 fully saturated rings. The first-order chi connectivity index (χ1) is 11.7. The normalized spacial score (nSPS) is 16.6. The predicted molar refractivity (Wildman–Crippen MR) is 89.5 cm³/mol. The zero-order valence-electron chi connectivity index (χ0n) is 12.6. The maximum atomic E-state index is 15.5. The fourth-order valence-electron chi connectivity index (χ4n) is 3.51. The molecule has 0 spiro atoms. The van der Waals surface area contributed by atoms with Crippen molar-refractivity contribution in [2.24, 2.45) is 4.99 Å². The van der Waals surface area contributed by atoms with Gasteiger partial charge in [-0.05, 0) is 17.1 Å². The van der Waals surface area contributed by atoms with Crippen LogP contribution in [0.5, 0.6) is 0 Å². The standard InChI is InChI=1S/C18H12BF2N3/c20-19(21)23-15-9-5-1-3-7-13(15)11-17(23)22-18-12-14-8-4-2-6-10-16(14)24(18)19/h1-12H. The van der Waals surface area contributed by atoms with Crippen LogP contribution in [0.1, 0.15) is 5.56 Å². The van der Waals surface area contributed by atoms with Gasteiger partial charge in [-0.15, -0.1) is 0 Å². The summed E-state index contributed by atoms with van der Waals surface area (Å²) in [4.78, 5) is 4.48. The fraction of sp³-hybridized carbons (Fsp3) is 0. The second kappa shape index (κ2) is 4.51. The van der Waals surface area contributed by atoms with Crippen molar-refractivity contribution < 1.29 is 13.1 Å². The van der Waals surface area contributed by atoms with E-state index in [1.807, 2.05) is 36.4 Å². The summed E-state index contributed by atoms with van der Waals surface area (Å²) in [5.74, 6) is 0.292. The molecule has 116 valence electrons. The second-order valence-corrected chi connectivity index (χ2v) is 5.95. The molecule has 0 atom stereocenters. The molecule has 0 bridgehead atoms. The largest absolute Gasteiger partial charge is 0.642 e. The van der Waals surface area contributed by atoms with Gasteiger partial charge >= 0.3 is 6.97 Å². The molecule has 5 rings (SSSR count). The van der Waals surface area contributed by atoms with Gasteiger partial charge in [0.1, 0.15) is 0 Å². The van der Waals surface area contributed by atoms with E-state index in [0.717, 1.165) is 20.1 Å². The lowest BCUT2D eigenvalue weighted by atomic mass is 9.95. The zero-order valence-corrected chi connectivity index (χ0v) is 12.6. The Morgan fingerprint density at radius 2 is 1.88 bits per heavy atom. The van der Waals surface area contributed by atoms with Gasteiger partial charge in [-0.2, -0.15) is 0 Å². The Morgan fingerprint density at radius 3 is 2.79 bits per heavy atom. The third-order valence-corrected chi connectivity index (χ3v) is 4.53. The SMILES string of the molecule is F[B-]1(F)n2c(cc3c2=CC=CC=C3)=Nc2cc3cccccc-3[n+]21. The van der Waals surface area contributed by atoms with E-state index in [4.69, 9.17) is 0 Å². The minimum atomic E-state index is -4.03. The van der Waals surface area contributed by atoms with E-state index >= 15 is 8.63 Å². The van der Waals surface area contributed by atoms with Crippen molar-refractivity contribution in [1.82, 2.24) is 4.48 Å². The molecule has 24 heavy (non-hydrogen) atoms. The molecule has 3 heterocycles. The van der Waals surface area contributed by atoms with Crippen molar-refractivity contribution in [2.45, 2.75) is 0 Å². The third kappa shape index (κ3) is 1.65. The number of fused-ring (bicyclic) bond motifs is 6. The molecule has 0 aromatic carbocycles. The van der Waals surface area contributed by atoms with Gasteiger partial charge in [-0.1, -0.05) is 48.6 Å². The van der Waals surface area contributed by atoms with Gasteiger partial charge in [-0.25, -0.2) is 0 Å². The van der Waals surface area contributed by atoms with Crippen LogP contribution in [0.2, 0.25) is 0 Å². The topological polar surface area (TPSA) is 21.2 Å². The molecule has 0 radical (unpaired) electrons. The number of halogens is 2. The van der Waals surface area contributed by atoms with Gasteiger partial charge in [0.05, 0.1) is 5.69 Å². The summed E-state index contributed by atoms with van der Waals surface area (Å²) >= 11 is 0. The Balaban J connectivity index is 1.93. The lowest BCUT2D eigenvalue weighted by Crippen LogP contribution is -2.70. The fourth-order valence-corrected chi connectivity index (χ4v) is 3.51. The number of hydrogen-bond donors (Lipinski definition) is 0. The third-order valence-electron chi connectivity index (χ3n) is 4.53. The van der Waals surface area contributed by atoms with Crippen LogP contribution in [0.3, 0.4) is 0 Å². The summed E-state index contributed by atoms with van der Waals surface area (Å²) in [6.45, 7) is -4.03. The van der Waals surface area contributed by atoms with E-state index < -0.39 is 6.97 Å². The first kappa shape index (κ1) is 13.4. The van der Waals surface area contributed by atoms with Crippen LogP contribution < -0.4 is 15.3 Å². The number of allylic oxidation sites excluding steroid dienone is 3. The summed E-state index contributed by atoms with van der Waals surface area (Å²) in [5.41, 5.74) is 2.28. The van der Waals surface area contributed by atoms with Crippen molar-refractivity contribution >= 4 is 24.9 Å². The van der Waals surface area contributed by atoms with E-state index in [1.54, 1.807) is 36.4 Å². The first-order valence-electron chi connectivity index (χ1n) is 7.77. The van der Waals surface area contributed by atoms with Crippen LogP contribution in [0.4, 0.5) is 14.4 Å². The van der Waals surface area contributed by atoms with Crippen LogP contribution in [-0.2, 0) is 0 Å². The van der Waals surface area contributed by atoms with Gasteiger partial charge < -0.3 is 17.6 Å². The Hall–Kier alpha value is -3.02. The van der Waals surface area contributed by atoms with Gasteiger partial charge in [-0.3, -0.25) is 0 Å². The summed E-state index contributed by atoms with van der Waals surface area (Å²) in [6, 6.07) is 12.4. The minimum absolute atomic E-state index is 0.292. The maximum Gasteiger partial charge on any atom is 0.642 e. The molecule has 0 saturated heterocycles. The van der Waals surface area contributed by atoms with E-state index in [9.17, 15) is 0 Å². The first-order valence-corrected chi connectivity index (χ1v) is 7.77. The predicted octanol–water partition coefficient (Wildman–Crippen LogP) is 2.28. The molecule has 6 heteroatoms. The highest BCUT2D eigenvalue weighted by atomic mass is 19.2. The second-order valence-electron chi connectivity index (χ2n) is 5.95. The highest BCUT2D eigenvalue weighted by molar-refractivity contribution is 6.55. The van der Waals surface area contributed by atoms with Crippen LogP contribution >= 0.6 is 0 Å². The van der Waals surface area contributed by atoms with Crippen molar-refractivity contribution in [2.75, 3.05) is 0 Å². The number of aromatic nitrogens is 2. The number of rotatable bonds is 0. The van der Waals surface area contributed by atoms with Crippen molar-refractivity contribution in [3.05, 3.63) is 77.1 Å². The lowest BCUT2D eigenvalue weighted by molar-refractivity contribution is -0.542. The molecule has 3 nitrogen and oxygen atoms in total. The summed E-state index contributed by atoms with van der Waals surface area (Å²) in [5, 5.41) is 0.483. The molecule has 0 unspecified atom stereocenters. The van der Waals surface area contributed by atoms with Gasteiger partial charge in [0.15, 0.2) is 0 Å². The molecule has 1 aromatic rings. The Bertz CT molecular complexity index is 1140. The van der Waals surface area contributed by atoms with E-state index in [-0.39, 0.29) is 0 Å².